The minimum atomic E-state index is -4.45. The Hall–Kier alpha value is -1.76. The van der Waals surface area contributed by atoms with Gasteiger partial charge in [0, 0.05) is 20.7 Å². The number of nitrogens with one attached hydrogen (secondary N) is 1. The van der Waals surface area contributed by atoms with Gasteiger partial charge in [-0.3, -0.25) is 4.79 Å². The molecule has 0 spiro atoms. The molecule has 1 aromatic carbocycles. The van der Waals surface area contributed by atoms with E-state index in [-0.39, 0.29) is 24.1 Å². The Labute approximate surface area is 127 Å². The third-order valence-corrected chi connectivity index (χ3v) is 3.52. The summed E-state index contributed by atoms with van der Waals surface area (Å²) in [5.41, 5.74) is -0.109. The molecule has 1 fully saturated rings. The fourth-order valence-corrected chi connectivity index (χ4v) is 2.42. The highest BCUT2D eigenvalue weighted by Crippen LogP contribution is 2.35. The van der Waals surface area contributed by atoms with E-state index in [1.807, 2.05) is 0 Å². The molecule has 22 heavy (non-hydrogen) atoms. The Kier molecular flexibility index (Phi) is 4.95. The first kappa shape index (κ1) is 16.6. The van der Waals surface area contributed by atoms with E-state index in [0.29, 0.717) is 12.3 Å². The molecule has 1 heterocycles. The maximum Gasteiger partial charge on any atom is 0.416 e. The molecule has 0 aliphatic carbocycles. The summed E-state index contributed by atoms with van der Waals surface area (Å²) in [6.07, 6.45) is -2.73. The molecule has 0 radical (unpaired) electrons. The average Bonchev–Trinajstić information content (AvgIpc) is 2.89. The van der Waals surface area contributed by atoms with Crippen molar-refractivity contribution < 1.29 is 22.7 Å². The van der Waals surface area contributed by atoms with Gasteiger partial charge in [-0.2, -0.15) is 13.2 Å². The zero-order valence-electron chi connectivity index (χ0n) is 12.5. The molecule has 1 aliphatic rings. The molecule has 0 bridgehead atoms. The van der Waals surface area contributed by atoms with Crippen molar-refractivity contribution in [2.24, 2.45) is 0 Å². The van der Waals surface area contributed by atoms with E-state index in [1.54, 1.807) is 19.0 Å². The number of nitrogens with zero attached hydrogens (tertiary/aromatic N) is 1. The Bertz CT molecular complexity index is 538. The van der Waals surface area contributed by atoms with Gasteiger partial charge in [0.15, 0.2) is 0 Å². The summed E-state index contributed by atoms with van der Waals surface area (Å²) in [4.78, 5) is 13.7. The first-order valence-corrected chi connectivity index (χ1v) is 7.07. The second-order valence-corrected chi connectivity index (χ2v) is 5.51. The van der Waals surface area contributed by atoms with Gasteiger partial charge < -0.3 is 15.0 Å². The maximum atomic E-state index is 12.8. The van der Waals surface area contributed by atoms with Crippen LogP contribution < -0.4 is 10.2 Å². The van der Waals surface area contributed by atoms with Gasteiger partial charge in [-0.25, -0.2) is 0 Å². The molecule has 1 saturated heterocycles. The molecule has 1 atom stereocenters. The molecule has 1 aromatic rings. The number of anilines is 2. The molecular formula is C15H19F3N2O2. The lowest BCUT2D eigenvalue weighted by Crippen LogP contribution is -2.21. The summed E-state index contributed by atoms with van der Waals surface area (Å²) in [7, 11) is 3.41. The molecule has 4 nitrogen and oxygen atoms in total. The summed E-state index contributed by atoms with van der Waals surface area (Å²) in [5.74, 6) is -0.339. The highest BCUT2D eigenvalue weighted by molar-refractivity contribution is 5.94. The lowest BCUT2D eigenvalue weighted by atomic mass is 10.1. The van der Waals surface area contributed by atoms with Gasteiger partial charge >= 0.3 is 6.18 Å². The van der Waals surface area contributed by atoms with Crippen LogP contribution in [0.5, 0.6) is 0 Å². The van der Waals surface area contributed by atoms with Gasteiger partial charge in [0.25, 0.3) is 0 Å². The fourth-order valence-electron chi connectivity index (χ4n) is 2.42. The second kappa shape index (κ2) is 6.56. The second-order valence-electron chi connectivity index (χ2n) is 5.51. The summed E-state index contributed by atoms with van der Waals surface area (Å²) in [5, 5.41) is 2.57. The van der Waals surface area contributed by atoms with E-state index in [0.717, 1.165) is 25.0 Å². The third-order valence-electron chi connectivity index (χ3n) is 3.52. The molecule has 1 aliphatic heterocycles. The number of alkyl halides is 3. The van der Waals surface area contributed by atoms with Gasteiger partial charge in [0.2, 0.25) is 5.91 Å². The fraction of sp³-hybridized carbons (Fsp3) is 0.533. The molecule has 1 N–H and O–H groups in total. The van der Waals surface area contributed by atoms with Crippen LogP contribution in [0.4, 0.5) is 24.5 Å². The predicted octanol–water partition coefficient (Wildman–Crippen LogP) is 3.28. The van der Waals surface area contributed by atoms with Crippen LogP contribution in [0, 0.1) is 0 Å². The molecule has 2 rings (SSSR count). The van der Waals surface area contributed by atoms with E-state index in [1.165, 1.54) is 6.07 Å². The molecule has 1 amide bonds. The van der Waals surface area contributed by atoms with Crippen molar-refractivity contribution in [2.75, 3.05) is 30.9 Å². The van der Waals surface area contributed by atoms with Crippen LogP contribution in [0.25, 0.3) is 0 Å². The number of hydrogen-bond acceptors (Lipinski definition) is 3. The number of amides is 1. The van der Waals surface area contributed by atoms with Crippen LogP contribution in [0.3, 0.4) is 0 Å². The van der Waals surface area contributed by atoms with Gasteiger partial charge in [0.1, 0.15) is 0 Å². The van der Waals surface area contributed by atoms with E-state index in [4.69, 9.17) is 4.74 Å². The van der Waals surface area contributed by atoms with Gasteiger partial charge in [-0.15, -0.1) is 0 Å². The number of halogens is 3. The Morgan fingerprint density at radius 2 is 2.14 bits per heavy atom. The van der Waals surface area contributed by atoms with Crippen LogP contribution in [0.2, 0.25) is 0 Å². The van der Waals surface area contributed by atoms with Crippen molar-refractivity contribution in [3.63, 3.8) is 0 Å². The standard InChI is InChI=1S/C15H19F3N2O2/c1-20(2)13-6-5-10(15(16,17)18)8-12(13)19-14(21)9-11-4-3-7-22-11/h5-6,8,11H,3-4,7,9H2,1-2H3,(H,19,21)/t11-/m1/s1. The molecule has 7 heteroatoms. The van der Waals surface area contributed by atoms with Crippen molar-refractivity contribution in [1.82, 2.24) is 0 Å². The normalized spacial score (nSPS) is 18.3. The van der Waals surface area contributed by atoms with Crippen molar-refractivity contribution in [2.45, 2.75) is 31.5 Å². The Morgan fingerprint density at radius 3 is 2.68 bits per heavy atom. The van der Waals surface area contributed by atoms with Crippen molar-refractivity contribution in [3.05, 3.63) is 23.8 Å². The van der Waals surface area contributed by atoms with Crippen LogP contribution in [0.15, 0.2) is 18.2 Å². The topological polar surface area (TPSA) is 41.6 Å². The maximum absolute atomic E-state index is 12.8. The van der Waals surface area contributed by atoms with Crippen LogP contribution in [0.1, 0.15) is 24.8 Å². The van der Waals surface area contributed by atoms with Crippen molar-refractivity contribution in [1.29, 1.82) is 0 Å². The smallest absolute Gasteiger partial charge is 0.378 e. The van der Waals surface area contributed by atoms with Gasteiger partial charge in [-0.05, 0) is 31.0 Å². The average molecular weight is 316 g/mol. The number of ether oxygens (including phenoxy) is 1. The number of carbonyl (C=O) groups is 1. The molecule has 0 aromatic heterocycles. The minimum absolute atomic E-state index is 0.145. The van der Waals surface area contributed by atoms with Gasteiger partial charge in [0.05, 0.1) is 29.5 Å². The first-order chi connectivity index (χ1) is 10.3. The lowest BCUT2D eigenvalue weighted by Gasteiger charge is -2.20. The van der Waals surface area contributed by atoms with Crippen LogP contribution in [-0.4, -0.2) is 32.7 Å². The largest absolute Gasteiger partial charge is 0.416 e. The van der Waals surface area contributed by atoms with E-state index < -0.39 is 11.7 Å². The van der Waals surface area contributed by atoms with Crippen LogP contribution >= 0.6 is 0 Å². The van der Waals surface area contributed by atoms with Crippen molar-refractivity contribution >= 4 is 17.3 Å². The Balaban J connectivity index is 2.17. The van der Waals surface area contributed by atoms with E-state index in [9.17, 15) is 18.0 Å². The number of carbonyl (C=O) groups excluding carboxylic acids is 1. The number of hydrogen-bond donors (Lipinski definition) is 1. The first-order valence-electron chi connectivity index (χ1n) is 7.07. The quantitative estimate of drug-likeness (QED) is 0.927. The van der Waals surface area contributed by atoms with Crippen LogP contribution in [-0.2, 0) is 15.7 Å². The summed E-state index contributed by atoms with van der Waals surface area (Å²) >= 11 is 0. The highest BCUT2D eigenvalue weighted by Gasteiger charge is 2.31. The molecule has 0 unspecified atom stereocenters. The molecule has 122 valence electrons. The summed E-state index contributed by atoms with van der Waals surface area (Å²) in [6.45, 7) is 0.629. The number of rotatable bonds is 4. The van der Waals surface area contributed by atoms with Gasteiger partial charge in [-0.1, -0.05) is 0 Å². The zero-order valence-corrected chi connectivity index (χ0v) is 12.5. The monoisotopic (exact) mass is 316 g/mol. The molecule has 0 saturated carbocycles. The highest BCUT2D eigenvalue weighted by atomic mass is 19.4. The summed E-state index contributed by atoms with van der Waals surface area (Å²) in [6, 6.07) is 3.32. The molecular weight excluding hydrogens is 297 g/mol. The predicted molar refractivity (Wildman–Crippen MR) is 78.0 cm³/mol. The minimum Gasteiger partial charge on any atom is -0.378 e. The van der Waals surface area contributed by atoms with Crippen molar-refractivity contribution in [3.8, 4) is 0 Å². The Morgan fingerprint density at radius 1 is 1.41 bits per heavy atom. The lowest BCUT2D eigenvalue weighted by molar-refractivity contribution is -0.137. The number of benzene rings is 1. The third kappa shape index (κ3) is 4.13. The van der Waals surface area contributed by atoms with E-state index >= 15 is 0 Å². The zero-order chi connectivity index (χ0) is 16.3. The summed E-state index contributed by atoms with van der Waals surface area (Å²) < 4.78 is 43.8. The van der Waals surface area contributed by atoms with E-state index in [2.05, 4.69) is 5.32 Å². The SMILES string of the molecule is CN(C)c1ccc(C(F)(F)F)cc1NC(=O)C[C@H]1CCCO1.